The van der Waals surface area contributed by atoms with Crippen LogP contribution in [-0.4, -0.2) is 90.3 Å². The van der Waals surface area contributed by atoms with Gasteiger partial charge in [-0.25, -0.2) is 0 Å². The van der Waals surface area contributed by atoms with Gasteiger partial charge in [-0.2, -0.15) is 0 Å². The predicted molar refractivity (Wildman–Crippen MR) is 201 cm³/mol. The van der Waals surface area contributed by atoms with Crippen LogP contribution < -0.4 is 0 Å². The summed E-state index contributed by atoms with van der Waals surface area (Å²) in [6, 6.07) is 0. The lowest BCUT2D eigenvalue weighted by Gasteiger charge is -2.39. The smallest absolute Gasteiger partial charge is 0.186 e. The van der Waals surface area contributed by atoms with Crippen LogP contribution >= 0.6 is 0 Å². The Bertz CT molecular complexity index is 665. The number of aliphatic hydroxyl groups is 4. The van der Waals surface area contributed by atoms with Crippen molar-refractivity contribution in [2.75, 3.05) is 33.0 Å². The van der Waals surface area contributed by atoms with Crippen LogP contribution in [0.3, 0.4) is 0 Å². The quantitative estimate of drug-likeness (QED) is 0.0474. The molecule has 4 N–H and O–H groups in total. The third-order valence-corrected chi connectivity index (χ3v) is 10.1. The fourth-order valence-corrected chi connectivity index (χ4v) is 6.71. The monoisotopic (exact) mass is 703 g/mol. The lowest BCUT2D eigenvalue weighted by Crippen LogP contribution is -2.59. The minimum absolute atomic E-state index is 0.125. The second kappa shape index (κ2) is 34.7. The molecule has 0 radical (unpaired) electrons. The summed E-state index contributed by atoms with van der Waals surface area (Å²) in [5, 5.41) is 40.0. The average molecular weight is 703 g/mol. The van der Waals surface area contributed by atoms with Gasteiger partial charge in [-0.05, 0) is 12.8 Å². The SMILES string of the molecule is CCCCCCCCCCCCCCCCOCC(CO[C@H]1O[C@H](CO)[C@@H](O)[C@H](O)[C@@H]1O)OCCCCCCCCCCCCCCCC. The first-order valence-electron chi connectivity index (χ1n) is 21.2. The van der Waals surface area contributed by atoms with E-state index < -0.39 is 37.3 Å². The largest absolute Gasteiger partial charge is 0.394 e. The van der Waals surface area contributed by atoms with Gasteiger partial charge in [-0.15, -0.1) is 0 Å². The summed E-state index contributed by atoms with van der Waals surface area (Å²) in [5.74, 6) is 0. The Morgan fingerprint density at radius 1 is 0.469 bits per heavy atom. The number of aliphatic hydroxyl groups excluding tert-OH is 4. The van der Waals surface area contributed by atoms with E-state index >= 15 is 0 Å². The molecule has 49 heavy (non-hydrogen) atoms. The molecule has 0 aromatic carbocycles. The van der Waals surface area contributed by atoms with E-state index in [1.54, 1.807) is 0 Å². The molecule has 1 rings (SSSR count). The van der Waals surface area contributed by atoms with Crippen LogP contribution in [-0.2, 0) is 18.9 Å². The highest BCUT2D eigenvalue weighted by Gasteiger charge is 2.44. The van der Waals surface area contributed by atoms with E-state index in [0.29, 0.717) is 19.8 Å². The molecule has 0 aromatic rings. The van der Waals surface area contributed by atoms with Crippen LogP contribution in [0.15, 0.2) is 0 Å². The molecule has 294 valence electrons. The van der Waals surface area contributed by atoms with E-state index in [0.717, 1.165) is 19.3 Å². The van der Waals surface area contributed by atoms with Crippen molar-refractivity contribution in [1.82, 2.24) is 0 Å². The van der Waals surface area contributed by atoms with E-state index in [-0.39, 0.29) is 12.7 Å². The van der Waals surface area contributed by atoms with E-state index in [2.05, 4.69) is 13.8 Å². The Labute approximate surface area is 302 Å². The molecule has 0 saturated carbocycles. The lowest BCUT2D eigenvalue weighted by molar-refractivity contribution is -0.306. The van der Waals surface area contributed by atoms with Crippen LogP contribution in [0.5, 0.6) is 0 Å². The molecule has 1 heterocycles. The van der Waals surface area contributed by atoms with Gasteiger partial charge in [-0.3, -0.25) is 0 Å². The van der Waals surface area contributed by atoms with E-state index in [1.165, 1.54) is 161 Å². The lowest BCUT2D eigenvalue weighted by atomic mass is 9.99. The van der Waals surface area contributed by atoms with Crippen molar-refractivity contribution in [2.24, 2.45) is 0 Å². The Morgan fingerprint density at radius 3 is 1.27 bits per heavy atom. The standard InChI is InChI=1S/C41H82O8/c1-3-5-7-9-11-13-15-17-19-21-23-25-27-29-31-46-34-36(35-48-41-40(45)39(44)38(43)37(33-42)49-41)47-32-30-28-26-24-22-20-18-16-14-12-10-8-6-4-2/h36-45H,3-35H2,1-2H3/t36?,37-,38-,39+,40+,41+/m1/s1. The second-order valence-electron chi connectivity index (χ2n) is 14.8. The minimum Gasteiger partial charge on any atom is -0.394 e. The van der Waals surface area contributed by atoms with Crippen molar-refractivity contribution in [3.8, 4) is 0 Å². The second-order valence-corrected chi connectivity index (χ2v) is 14.8. The molecule has 0 spiro atoms. The number of rotatable bonds is 37. The van der Waals surface area contributed by atoms with Crippen molar-refractivity contribution in [3.63, 3.8) is 0 Å². The Morgan fingerprint density at radius 2 is 0.857 bits per heavy atom. The van der Waals surface area contributed by atoms with Crippen LogP contribution in [0.25, 0.3) is 0 Å². The van der Waals surface area contributed by atoms with Gasteiger partial charge < -0.3 is 39.4 Å². The highest BCUT2D eigenvalue weighted by molar-refractivity contribution is 4.89. The zero-order chi connectivity index (χ0) is 35.6. The third-order valence-electron chi connectivity index (χ3n) is 10.1. The first-order chi connectivity index (χ1) is 24.0. The molecule has 0 aromatic heterocycles. The summed E-state index contributed by atoms with van der Waals surface area (Å²) < 4.78 is 23.5. The van der Waals surface area contributed by atoms with Crippen molar-refractivity contribution in [1.29, 1.82) is 0 Å². The summed E-state index contributed by atoms with van der Waals surface area (Å²) in [6.45, 7) is 5.87. The Balaban J connectivity index is 2.20. The van der Waals surface area contributed by atoms with Gasteiger partial charge in [0.15, 0.2) is 6.29 Å². The van der Waals surface area contributed by atoms with Crippen molar-refractivity contribution in [3.05, 3.63) is 0 Å². The topological polar surface area (TPSA) is 118 Å². The maximum Gasteiger partial charge on any atom is 0.186 e. The summed E-state index contributed by atoms with van der Waals surface area (Å²) in [5.41, 5.74) is 0. The molecule has 1 saturated heterocycles. The number of hydrogen-bond donors (Lipinski definition) is 4. The number of hydrogen-bond acceptors (Lipinski definition) is 8. The maximum absolute atomic E-state index is 10.4. The molecule has 0 amide bonds. The van der Waals surface area contributed by atoms with Gasteiger partial charge in [0.25, 0.3) is 0 Å². The van der Waals surface area contributed by atoms with Crippen molar-refractivity contribution >= 4 is 0 Å². The fourth-order valence-electron chi connectivity index (χ4n) is 6.71. The zero-order valence-corrected chi connectivity index (χ0v) is 32.2. The normalized spacial score (nSPS) is 21.8. The summed E-state index contributed by atoms with van der Waals surface area (Å²) in [6.07, 6.45) is 30.1. The Kier molecular flexibility index (Phi) is 33.1. The van der Waals surface area contributed by atoms with Crippen LogP contribution in [0, 0.1) is 0 Å². The number of ether oxygens (including phenoxy) is 4. The molecular formula is C41H82O8. The average Bonchev–Trinajstić information content (AvgIpc) is 3.11. The fraction of sp³-hybridized carbons (Fsp3) is 1.00. The summed E-state index contributed by atoms with van der Waals surface area (Å²) in [7, 11) is 0. The molecule has 8 nitrogen and oxygen atoms in total. The summed E-state index contributed by atoms with van der Waals surface area (Å²) >= 11 is 0. The molecular weight excluding hydrogens is 620 g/mol. The molecule has 8 heteroatoms. The van der Waals surface area contributed by atoms with Gasteiger partial charge in [0.2, 0.25) is 0 Å². The molecule has 0 aliphatic carbocycles. The van der Waals surface area contributed by atoms with Crippen molar-refractivity contribution in [2.45, 2.75) is 230 Å². The molecule has 1 aliphatic rings. The highest BCUT2D eigenvalue weighted by atomic mass is 16.7. The van der Waals surface area contributed by atoms with Gasteiger partial charge in [0.1, 0.15) is 30.5 Å². The summed E-state index contributed by atoms with van der Waals surface area (Å²) in [4.78, 5) is 0. The van der Waals surface area contributed by atoms with Crippen LogP contribution in [0.4, 0.5) is 0 Å². The third kappa shape index (κ3) is 26.2. The van der Waals surface area contributed by atoms with E-state index in [4.69, 9.17) is 18.9 Å². The van der Waals surface area contributed by atoms with Gasteiger partial charge >= 0.3 is 0 Å². The van der Waals surface area contributed by atoms with Gasteiger partial charge in [0.05, 0.1) is 19.8 Å². The first-order valence-corrected chi connectivity index (χ1v) is 21.2. The van der Waals surface area contributed by atoms with Gasteiger partial charge in [0, 0.05) is 13.2 Å². The maximum atomic E-state index is 10.4. The molecule has 1 unspecified atom stereocenters. The van der Waals surface area contributed by atoms with Crippen molar-refractivity contribution < 1.29 is 39.4 Å². The van der Waals surface area contributed by atoms with Gasteiger partial charge in [-0.1, -0.05) is 181 Å². The Hall–Kier alpha value is -0.320. The van der Waals surface area contributed by atoms with Crippen LogP contribution in [0.1, 0.15) is 194 Å². The van der Waals surface area contributed by atoms with Crippen LogP contribution in [0.2, 0.25) is 0 Å². The number of unbranched alkanes of at least 4 members (excludes halogenated alkanes) is 26. The van der Waals surface area contributed by atoms with E-state index in [1.807, 2.05) is 0 Å². The predicted octanol–water partition coefficient (Wildman–Crippen LogP) is 9.17. The first kappa shape index (κ1) is 46.7. The van der Waals surface area contributed by atoms with E-state index in [9.17, 15) is 20.4 Å². The zero-order valence-electron chi connectivity index (χ0n) is 32.2. The highest BCUT2D eigenvalue weighted by Crippen LogP contribution is 2.22. The minimum atomic E-state index is -1.46. The molecule has 1 fully saturated rings. The molecule has 1 aliphatic heterocycles. The molecule has 0 bridgehead atoms. The molecule has 6 atom stereocenters.